The molecule has 8 heteroatoms. The van der Waals surface area contributed by atoms with Gasteiger partial charge in [0.25, 0.3) is 0 Å². The van der Waals surface area contributed by atoms with E-state index in [9.17, 15) is 21.6 Å². The maximum atomic E-state index is 12.0. The van der Waals surface area contributed by atoms with Gasteiger partial charge in [-0.05, 0) is 30.5 Å². The second-order valence-electron chi connectivity index (χ2n) is 5.03. The Labute approximate surface area is 121 Å². The topological polar surface area (TPSA) is 55.4 Å². The number of benzene rings is 1. The van der Waals surface area contributed by atoms with Crippen molar-refractivity contribution in [2.24, 2.45) is 0 Å². The minimum Gasteiger partial charge on any atom is -0.406 e. The summed E-state index contributed by atoms with van der Waals surface area (Å²) >= 11 is 0. The zero-order chi connectivity index (χ0) is 15.5. The molecular weight excluding hydrogens is 307 g/mol. The zero-order valence-corrected chi connectivity index (χ0v) is 12.0. The van der Waals surface area contributed by atoms with Crippen LogP contribution in [0.1, 0.15) is 18.4 Å². The van der Waals surface area contributed by atoms with E-state index in [1.807, 2.05) is 0 Å². The summed E-state index contributed by atoms with van der Waals surface area (Å²) in [5.41, 5.74) is 0.771. The van der Waals surface area contributed by atoms with Gasteiger partial charge >= 0.3 is 6.36 Å². The fourth-order valence-corrected chi connectivity index (χ4v) is 3.93. The van der Waals surface area contributed by atoms with E-state index in [4.69, 9.17) is 0 Å². The van der Waals surface area contributed by atoms with E-state index in [0.29, 0.717) is 13.0 Å². The van der Waals surface area contributed by atoms with Crippen LogP contribution in [0.5, 0.6) is 5.75 Å². The Morgan fingerprint density at radius 3 is 2.48 bits per heavy atom. The Morgan fingerprint density at radius 2 is 1.90 bits per heavy atom. The molecule has 1 atom stereocenters. The molecule has 0 bridgehead atoms. The summed E-state index contributed by atoms with van der Waals surface area (Å²) in [6.07, 6.45) is -3.27. The molecule has 0 amide bonds. The molecule has 0 spiro atoms. The minimum absolute atomic E-state index is 0.102. The Kier molecular flexibility index (Phi) is 4.77. The first-order valence-corrected chi connectivity index (χ1v) is 8.34. The standard InChI is InChI=1S/C13H16F3NO3S/c14-13(15,16)20-12-5-3-10(4-6-12)8-17-11-2-1-7-21(18,19)9-11/h3-6,11,17H,1-2,7-9H2. The van der Waals surface area contributed by atoms with Crippen LogP contribution in [0.4, 0.5) is 13.2 Å². The van der Waals surface area contributed by atoms with Gasteiger partial charge in [0.1, 0.15) is 5.75 Å². The summed E-state index contributed by atoms with van der Waals surface area (Å²) in [6.45, 7) is 0.409. The van der Waals surface area contributed by atoms with E-state index in [0.717, 1.165) is 12.0 Å². The van der Waals surface area contributed by atoms with Crippen LogP contribution in [0.3, 0.4) is 0 Å². The average Bonchev–Trinajstić information content (AvgIpc) is 2.35. The van der Waals surface area contributed by atoms with Gasteiger partial charge in [-0.2, -0.15) is 0 Å². The molecule has 1 aromatic carbocycles. The van der Waals surface area contributed by atoms with Crippen molar-refractivity contribution in [1.82, 2.24) is 5.32 Å². The third kappa shape index (κ3) is 5.55. The van der Waals surface area contributed by atoms with Crippen LogP contribution in [0.25, 0.3) is 0 Å². The van der Waals surface area contributed by atoms with Crippen molar-refractivity contribution in [3.63, 3.8) is 0 Å². The van der Waals surface area contributed by atoms with Crippen LogP contribution in [-0.2, 0) is 16.4 Å². The maximum absolute atomic E-state index is 12.0. The number of alkyl halides is 3. The molecule has 0 saturated carbocycles. The summed E-state index contributed by atoms with van der Waals surface area (Å²) in [6, 6.07) is 5.41. The Morgan fingerprint density at radius 1 is 1.24 bits per heavy atom. The van der Waals surface area contributed by atoms with Gasteiger partial charge in [0.15, 0.2) is 9.84 Å². The molecule has 1 fully saturated rings. The average molecular weight is 323 g/mol. The number of hydrogen-bond acceptors (Lipinski definition) is 4. The van der Waals surface area contributed by atoms with E-state index in [1.54, 1.807) is 0 Å². The van der Waals surface area contributed by atoms with Crippen LogP contribution in [0.2, 0.25) is 0 Å². The first-order valence-electron chi connectivity index (χ1n) is 6.52. The lowest BCUT2D eigenvalue weighted by Gasteiger charge is -2.23. The third-order valence-corrected chi connectivity index (χ3v) is 5.04. The molecule has 0 radical (unpaired) electrons. The van der Waals surface area contributed by atoms with Crippen molar-refractivity contribution in [3.8, 4) is 5.75 Å². The third-order valence-electron chi connectivity index (χ3n) is 3.21. The van der Waals surface area contributed by atoms with Crippen LogP contribution in [-0.4, -0.2) is 32.3 Å². The first-order chi connectivity index (χ1) is 9.73. The number of halogens is 3. The van der Waals surface area contributed by atoms with Gasteiger partial charge < -0.3 is 10.1 Å². The molecule has 1 saturated heterocycles. The smallest absolute Gasteiger partial charge is 0.406 e. The molecule has 4 nitrogen and oxygen atoms in total. The molecule has 1 aliphatic heterocycles. The molecule has 1 unspecified atom stereocenters. The van der Waals surface area contributed by atoms with E-state index in [2.05, 4.69) is 10.1 Å². The summed E-state index contributed by atoms with van der Waals surface area (Å²) in [5.74, 6) is 0.0724. The largest absolute Gasteiger partial charge is 0.573 e. The second kappa shape index (κ2) is 6.23. The number of hydrogen-bond donors (Lipinski definition) is 1. The molecule has 1 heterocycles. The highest BCUT2D eigenvalue weighted by molar-refractivity contribution is 7.91. The molecule has 118 valence electrons. The maximum Gasteiger partial charge on any atom is 0.573 e. The fourth-order valence-electron chi connectivity index (χ4n) is 2.25. The number of nitrogens with one attached hydrogen (secondary N) is 1. The van der Waals surface area contributed by atoms with Crippen LogP contribution >= 0.6 is 0 Å². The van der Waals surface area contributed by atoms with Crippen molar-refractivity contribution in [2.45, 2.75) is 31.8 Å². The van der Waals surface area contributed by atoms with Gasteiger partial charge in [-0.25, -0.2) is 8.42 Å². The summed E-state index contributed by atoms with van der Waals surface area (Å²) < 4.78 is 62.8. The van der Waals surface area contributed by atoms with Crippen molar-refractivity contribution in [2.75, 3.05) is 11.5 Å². The van der Waals surface area contributed by atoms with Gasteiger partial charge in [0.2, 0.25) is 0 Å². The van der Waals surface area contributed by atoms with E-state index in [1.165, 1.54) is 24.3 Å². The van der Waals surface area contributed by atoms with Crippen LogP contribution < -0.4 is 10.1 Å². The van der Waals surface area contributed by atoms with E-state index < -0.39 is 16.2 Å². The van der Waals surface area contributed by atoms with Crippen molar-refractivity contribution >= 4 is 9.84 Å². The number of sulfone groups is 1. The Bertz CT molecular complexity index is 569. The van der Waals surface area contributed by atoms with Crippen molar-refractivity contribution < 1.29 is 26.3 Å². The lowest BCUT2D eigenvalue weighted by Crippen LogP contribution is -2.39. The van der Waals surface area contributed by atoms with E-state index >= 15 is 0 Å². The molecule has 2 rings (SSSR count). The zero-order valence-electron chi connectivity index (χ0n) is 11.2. The number of rotatable bonds is 4. The molecule has 0 aromatic heterocycles. The lowest BCUT2D eigenvalue weighted by atomic mass is 10.1. The minimum atomic E-state index is -4.70. The van der Waals surface area contributed by atoms with E-state index in [-0.39, 0.29) is 23.3 Å². The normalized spacial score (nSPS) is 22.0. The fraction of sp³-hybridized carbons (Fsp3) is 0.538. The van der Waals surface area contributed by atoms with Gasteiger partial charge in [0, 0.05) is 12.6 Å². The van der Waals surface area contributed by atoms with Crippen molar-refractivity contribution in [3.05, 3.63) is 29.8 Å². The number of ether oxygens (including phenoxy) is 1. The SMILES string of the molecule is O=S1(=O)CCCC(NCc2ccc(OC(F)(F)F)cc2)C1. The molecule has 0 aliphatic carbocycles. The highest BCUT2D eigenvalue weighted by atomic mass is 32.2. The van der Waals surface area contributed by atoms with Gasteiger partial charge in [0.05, 0.1) is 11.5 Å². The van der Waals surface area contributed by atoms with Crippen LogP contribution in [0.15, 0.2) is 24.3 Å². The first kappa shape index (κ1) is 16.1. The molecule has 1 aliphatic rings. The highest BCUT2D eigenvalue weighted by Crippen LogP contribution is 2.22. The van der Waals surface area contributed by atoms with Crippen LogP contribution in [0, 0.1) is 0 Å². The molecule has 1 N–H and O–H groups in total. The Balaban J connectivity index is 1.86. The van der Waals surface area contributed by atoms with Gasteiger partial charge in [-0.15, -0.1) is 13.2 Å². The summed E-state index contributed by atoms with van der Waals surface area (Å²) in [7, 11) is -2.97. The van der Waals surface area contributed by atoms with Gasteiger partial charge in [-0.1, -0.05) is 12.1 Å². The van der Waals surface area contributed by atoms with Crippen molar-refractivity contribution in [1.29, 1.82) is 0 Å². The monoisotopic (exact) mass is 323 g/mol. The molecular formula is C13H16F3NO3S. The summed E-state index contributed by atoms with van der Waals surface area (Å²) in [4.78, 5) is 0. The predicted octanol–water partition coefficient (Wildman–Crippen LogP) is 2.25. The summed E-state index contributed by atoms with van der Waals surface area (Å²) in [5, 5.41) is 3.12. The molecule has 21 heavy (non-hydrogen) atoms. The van der Waals surface area contributed by atoms with Gasteiger partial charge in [-0.3, -0.25) is 0 Å². The lowest BCUT2D eigenvalue weighted by molar-refractivity contribution is -0.274. The second-order valence-corrected chi connectivity index (χ2v) is 7.25. The highest BCUT2D eigenvalue weighted by Gasteiger charge is 2.31. The predicted molar refractivity (Wildman–Crippen MR) is 71.6 cm³/mol. The quantitative estimate of drug-likeness (QED) is 0.923. The molecule has 1 aromatic rings. The Hall–Kier alpha value is -1.28.